The van der Waals surface area contributed by atoms with Crippen LogP contribution in [0.15, 0.2) is 30.3 Å². The van der Waals surface area contributed by atoms with Gasteiger partial charge in [0.1, 0.15) is 11.9 Å². The lowest BCUT2D eigenvalue weighted by atomic mass is 10.1. The molecule has 1 aromatic carbocycles. The van der Waals surface area contributed by atoms with Crippen molar-refractivity contribution in [2.75, 3.05) is 0 Å². The van der Waals surface area contributed by atoms with E-state index in [0.29, 0.717) is 0 Å². The van der Waals surface area contributed by atoms with Crippen molar-refractivity contribution in [3.05, 3.63) is 42.5 Å². The van der Waals surface area contributed by atoms with Crippen molar-refractivity contribution in [2.24, 2.45) is 0 Å². The van der Waals surface area contributed by atoms with E-state index in [4.69, 9.17) is 11.3 Å². The van der Waals surface area contributed by atoms with Crippen LogP contribution in [0.5, 0.6) is 5.75 Å². The topological polar surface area (TPSA) is 9.23 Å². The second-order valence-corrected chi connectivity index (χ2v) is 2.66. The standard InChI is InChI=1S/C10H9O/c1-2-9-7-8-5-3-4-6-10(8)11-9/h1-6,9H,7H2. The van der Waals surface area contributed by atoms with E-state index < -0.39 is 0 Å². The highest BCUT2D eigenvalue weighted by Gasteiger charge is 2.18. The number of fused-ring (bicyclic) bond motifs is 1. The molecular weight excluding hydrogens is 136 g/mol. The van der Waals surface area contributed by atoms with Gasteiger partial charge in [0, 0.05) is 6.42 Å². The molecule has 1 heterocycles. The Balaban J connectivity index is 2.33. The van der Waals surface area contributed by atoms with Gasteiger partial charge in [-0.1, -0.05) is 24.8 Å². The van der Waals surface area contributed by atoms with E-state index >= 15 is 0 Å². The molecule has 0 bridgehead atoms. The predicted molar refractivity (Wildman–Crippen MR) is 43.4 cm³/mol. The lowest BCUT2D eigenvalue weighted by Crippen LogP contribution is -2.07. The van der Waals surface area contributed by atoms with Gasteiger partial charge in [-0.3, -0.25) is 0 Å². The Bertz CT molecular complexity index is 253. The third kappa shape index (κ3) is 1.03. The summed E-state index contributed by atoms with van der Waals surface area (Å²) in [5, 5.41) is 0. The van der Waals surface area contributed by atoms with E-state index in [0.717, 1.165) is 12.2 Å². The van der Waals surface area contributed by atoms with Gasteiger partial charge < -0.3 is 4.74 Å². The molecular formula is C10H9O. The van der Waals surface area contributed by atoms with Crippen LogP contribution >= 0.6 is 0 Å². The first-order valence-electron chi connectivity index (χ1n) is 3.70. The van der Waals surface area contributed by atoms with Crippen LogP contribution < -0.4 is 4.74 Å². The molecule has 1 aliphatic heterocycles. The Hall–Kier alpha value is -1.24. The molecule has 1 atom stereocenters. The second-order valence-electron chi connectivity index (χ2n) is 2.66. The Morgan fingerprint density at radius 1 is 1.45 bits per heavy atom. The normalized spacial score (nSPS) is 20.5. The molecule has 1 heteroatoms. The summed E-state index contributed by atoms with van der Waals surface area (Å²) in [6.45, 7) is 5.36. The van der Waals surface area contributed by atoms with Crippen LogP contribution in [0, 0.1) is 6.58 Å². The van der Waals surface area contributed by atoms with Gasteiger partial charge in [-0.05, 0) is 17.7 Å². The first kappa shape index (κ1) is 6.47. The van der Waals surface area contributed by atoms with E-state index in [-0.39, 0.29) is 6.10 Å². The van der Waals surface area contributed by atoms with Gasteiger partial charge in [0.15, 0.2) is 0 Å². The Kier molecular flexibility index (Phi) is 1.42. The molecule has 11 heavy (non-hydrogen) atoms. The maximum Gasteiger partial charge on any atom is 0.123 e. The van der Waals surface area contributed by atoms with Crippen LogP contribution in [0.1, 0.15) is 5.56 Å². The molecule has 55 valence electrons. The van der Waals surface area contributed by atoms with E-state index in [1.165, 1.54) is 5.56 Å². The summed E-state index contributed by atoms with van der Waals surface area (Å²) in [6, 6.07) is 8.02. The minimum absolute atomic E-state index is 0.0763. The number of rotatable bonds is 1. The van der Waals surface area contributed by atoms with E-state index in [1.54, 1.807) is 6.08 Å². The molecule has 1 unspecified atom stereocenters. The van der Waals surface area contributed by atoms with Crippen LogP contribution in [-0.2, 0) is 6.42 Å². The maximum absolute atomic E-state index is 5.48. The number of hydrogen-bond donors (Lipinski definition) is 0. The molecule has 0 N–H and O–H groups in total. The number of hydrogen-bond acceptors (Lipinski definition) is 1. The molecule has 1 aromatic rings. The van der Waals surface area contributed by atoms with Crippen molar-refractivity contribution >= 4 is 0 Å². The highest BCUT2D eigenvalue weighted by atomic mass is 16.5. The average Bonchev–Trinajstić information content (AvgIpc) is 2.46. The zero-order valence-electron chi connectivity index (χ0n) is 6.16. The molecule has 0 spiro atoms. The van der Waals surface area contributed by atoms with Gasteiger partial charge in [-0.2, -0.15) is 0 Å². The Labute approximate surface area is 66.3 Å². The molecule has 1 radical (unpaired) electrons. The molecule has 0 amide bonds. The van der Waals surface area contributed by atoms with Crippen LogP contribution in [0.3, 0.4) is 0 Å². The van der Waals surface area contributed by atoms with Crippen molar-refractivity contribution in [3.63, 3.8) is 0 Å². The smallest absolute Gasteiger partial charge is 0.123 e. The maximum atomic E-state index is 5.48. The van der Waals surface area contributed by atoms with Crippen LogP contribution in [0.25, 0.3) is 0 Å². The summed E-state index contributed by atoms with van der Waals surface area (Å²) >= 11 is 0. The first-order chi connectivity index (χ1) is 5.40. The van der Waals surface area contributed by atoms with Gasteiger partial charge in [0.05, 0.1) is 0 Å². The van der Waals surface area contributed by atoms with Crippen molar-refractivity contribution in [1.29, 1.82) is 0 Å². The fraction of sp³-hybridized carbons (Fsp3) is 0.200. The van der Waals surface area contributed by atoms with Gasteiger partial charge >= 0.3 is 0 Å². The summed E-state index contributed by atoms with van der Waals surface area (Å²) in [6.07, 6.45) is 2.58. The number of para-hydroxylation sites is 1. The largest absolute Gasteiger partial charge is 0.486 e. The third-order valence-corrected chi connectivity index (χ3v) is 1.89. The van der Waals surface area contributed by atoms with Gasteiger partial charge in [-0.25, -0.2) is 0 Å². The molecule has 0 saturated heterocycles. The Morgan fingerprint density at radius 2 is 2.27 bits per heavy atom. The lowest BCUT2D eigenvalue weighted by Gasteiger charge is -2.01. The summed E-state index contributed by atoms with van der Waals surface area (Å²) in [5.74, 6) is 0.971. The van der Waals surface area contributed by atoms with Crippen molar-refractivity contribution < 1.29 is 4.74 Å². The molecule has 1 nitrogen and oxygen atoms in total. The van der Waals surface area contributed by atoms with Crippen LogP contribution in [0.2, 0.25) is 0 Å². The average molecular weight is 145 g/mol. The highest BCUT2D eigenvalue weighted by molar-refractivity contribution is 5.37. The molecule has 0 aromatic heterocycles. The van der Waals surface area contributed by atoms with Crippen molar-refractivity contribution in [3.8, 4) is 5.75 Å². The molecule has 2 rings (SSSR count). The lowest BCUT2D eigenvalue weighted by molar-refractivity contribution is 0.283. The summed E-state index contributed by atoms with van der Waals surface area (Å²) < 4.78 is 5.48. The van der Waals surface area contributed by atoms with Crippen LogP contribution in [-0.4, -0.2) is 6.10 Å². The zero-order chi connectivity index (χ0) is 7.68. The zero-order valence-corrected chi connectivity index (χ0v) is 6.16. The van der Waals surface area contributed by atoms with Gasteiger partial charge in [-0.15, -0.1) is 0 Å². The van der Waals surface area contributed by atoms with E-state index in [1.807, 2.05) is 18.2 Å². The highest BCUT2D eigenvalue weighted by Crippen LogP contribution is 2.28. The van der Waals surface area contributed by atoms with Crippen molar-refractivity contribution in [1.82, 2.24) is 0 Å². The fourth-order valence-electron chi connectivity index (χ4n) is 1.32. The van der Waals surface area contributed by atoms with Gasteiger partial charge in [0.25, 0.3) is 0 Å². The van der Waals surface area contributed by atoms with E-state index in [9.17, 15) is 0 Å². The van der Waals surface area contributed by atoms with Gasteiger partial charge in [0.2, 0.25) is 0 Å². The summed E-state index contributed by atoms with van der Waals surface area (Å²) in [7, 11) is 0. The van der Waals surface area contributed by atoms with Crippen LogP contribution in [0.4, 0.5) is 0 Å². The number of benzene rings is 1. The first-order valence-corrected chi connectivity index (χ1v) is 3.70. The summed E-state index contributed by atoms with van der Waals surface area (Å²) in [5.41, 5.74) is 1.25. The van der Waals surface area contributed by atoms with Crippen molar-refractivity contribution in [2.45, 2.75) is 12.5 Å². The minimum Gasteiger partial charge on any atom is -0.486 e. The minimum atomic E-state index is 0.0763. The second kappa shape index (κ2) is 2.42. The quantitative estimate of drug-likeness (QED) is 0.587. The monoisotopic (exact) mass is 145 g/mol. The summed E-state index contributed by atoms with van der Waals surface area (Å²) in [4.78, 5) is 0. The molecule has 0 saturated carbocycles. The Morgan fingerprint density at radius 3 is 3.00 bits per heavy atom. The molecule has 0 aliphatic carbocycles. The SMILES string of the molecule is [CH]=CC1Cc2ccccc2O1. The fourth-order valence-corrected chi connectivity index (χ4v) is 1.32. The third-order valence-electron chi connectivity index (χ3n) is 1.89. The van der Waals surface area contributed by atoms with E-state index in [2.05, 4.69) is 6.07 Å². The predicted octanol–water partition coefficient (Wildman–Crippen LogP) is 1.98. The number of ether oxygens (including phenoxy) is 1. The molecule has 0 fully saturated rings. The molecule has 1 aliphatic rings.